The van der Waals surface area contributed by atoms with Gasteiger partial charge in [0.1, 0.15) is 11.4 Å². The van der Waals surface area contributed by atoms with E-state index < -0.39 is 5.60 Å². The fourth-order valence-corrected chi connectivity index (χ4v) is 5.13. The number of rotatable bonds is 6. The Morgan fingerprint density at radius 2 is 1.80 bits per heavy atom. The lowest BCUT2D eigenvalue weighted by atomic mass is 9.94. The molecule has 4 rings (SSSR count). The van der Waals surface area contributed by atoms with Crippen molar-refractivity contribution in [3.63, 3.8) is 0 Å². The molecule has 2 aromatic rings. The van der Waals surface area contributed by atoms with E-state index in [0.29, 0.717) is 5.92 Å². The van der Waals surface area contributed by atoms with E-state index in [1.54, 1.807) is 0 Å². The second kappa shape index (κ2) is 11.5. The minimum absolute atomic E-state index is 0.186. The van der Waals surface area contributed by atoms with Gasteiger partial charge >= 0.3 is 6.09 Å². The van der Waals surface area contributed by atoms with E-state index in [1.165, 1.54) is 28.7 Å². The zero-order valence-electron chi connectivity index (χ0n) is 22.0. The van der Waals surface area contributed by atoms with Crippen LogP contribution in [0.4, 0.5) is 4.79 Å². The van der Waals surface area contributed by atoms with E-state index in [0.717, 1.165) is 70.8 Å². The van der Waals surface area contributed by atoms with Crippen LogP contribution in [-0.4, -0.2) is 47.7 Å². The molecular weight excluding hydrogens is 436 g/mol. The van der Waals surface area contributed by atoms with E-state index in [1.807, 2.05) is 25.7 Å². The summed E-state index contributed by atoms with van der Waals surface area (Å²) >= 11 is 0. The summed E-state index contributed by atoms with van der Waals surface area (Å²) in [5, 5.41) is 0. The molecular formula is C30H42N2O3. The minimum atomic E-state index is -0.437. The number of fused-ring (bicyclic) bond motifs is 1. The van der Waals surface area contributed by atoms with Gasteiger partial charge in [0, 0.05) is 26.2 Å². The van der Waals surface area contributed by atoms with Gasteiger partial charge in [0.15, 0.2) is 0 Å². The Morgan fingerprint density at radius 3 is 2.54 bits per heavy atom. The maximum atomic E-state index is 12.3. The van der Waals surface area contributed by atoms with Crippen molar-refractivity contribution < 1.29 is 14.3 Å². The molecule has 2 heterocycles. The summed E-state index contributed by atoms with van der Waals surface area (Å²) in [6.07, 6.45) is 5.20. The molecule has 5 nitrogen and oxygen atoms in total. The van der Waals surface area contributed by atoms with Gasteiger partial charge in [0.05, 0.1) is 6.61 Å². The Labute approximate surface area is 211 Å². The summed E-state index contributed by atoms with van der Waals surface area (Å²) in [7, 11) is 0. The third-order valence-electron chi connectivity index (χ3n) is 7.21. The normalized spacial score (nSPS) is 17.5. The molecule has 0 saturated carbocycles. The Hall–Kier alpha value is -2.53. The van der Waals surface area contributed by atoms with Crippen LogP contribution in [0.1, 0.15) is 68.7 Å². The lowest BCUT2D eigenvalue weighted by Crippen LogP contribution is -2.41. The molecule has 0 atom stereocenters. The molecule has 35 heavy (non-hydrogen) atoms. The quantitative estimate of drug-likeness (QED) is 0.484. The van der Waals surface area contributed by atoms with E-state index in [2.05, 4.69) is 54.3 Å². The summed E-state index contributed by atoms with van der Waals surface area (Å²) in [5.74, 6) is 1.58. The molecule has 0 aliphatic carbocycles. The van der Waals surface area contributed by atoms with E-state index >= 15 is 0 Å². The van der Waals surface area contributed by atoms with E-state index in [9.17, 15) is 4.79 Å². The second-order valence-corrected chi connectivity index (χ2v) is 11.2. The lowest BCUT2D eigenvalue weighted by Gasteiger charge is -2.33. The summed E-state index contributed by atoms with van der Waals surface area (Å²) in [4.78, 5) is 16.7. The highest BCUT2D eigenvalue weighted by molar-refractivity contribution is 5.68. The first-order valence-electron chi connectivity index (χ1n) is 13.3. The molecule has 0 aromatic heterocycles. The molecule has 2 aliphatic heterocycles. The van der Waals surface area contributed by atoms with Crippen molar-refractivity contribution in [2.75, 3.05) is 26.2 Å². The summed E-state index contributed by atoms with van der Waals surface area (Å²) < 4.78 is 11.7. The van der Waals surface area contributed by atoms with Gasteiger partial charge in [-0.05, 0) is 107 Å². The van der Waals surface area contributed by atoms with Crippen molar-refractivity contribution in [3.8, 4) is 5.75 Å². The largest absolute Gasteiger partial charge is 0.494 e. The number of carbonyl (C=O) groups is 1. The first-order chi connectivity index (χ1) is 16.8. The van der Waals surface area contributed by atoms with Crippen LogP contribution in [0.2, 0.25) is 0 Å². The molecule has 1 amide bonds. The molecule has 0 unspecified atom stereocenters. The molecule has 5 heteroatoms. The number of hydrogen-bond donors (Lipinski definition) is 0. The van der Waals surface area contributed by atoms with Crippen LogP contribution in [0, 0.1) is 12.8 Å². The Kier molecular flexibility index (Phi) is 8.38. The predicted molar refractivity (Wildman–Crippen MR) is 141 cm³/mol. The zero-order valence-corrected chi connectivity index (χ0v) is 22.0. The van der Waals surface area contributed by atoms with Crippen molar-refractivity contribution in [1.29, 1.82) is 0 Å². The average Bonchev–Trinajstić information content (AvgIpc) is 3.01. The van der Waals surface area contributed by atoms with Crippen LogP contribution < -0.4 is 4.74 Å². The molecule has 1 fully saturated rings. The Morgan fingerprint density at radius 1 is 1.03 bits per heavy atom. The number of likely N-dealkylation sites (tertiary alicyclic amines) is 1. The third-order valence-corrected chi connectivity index (χ3v) is 7.21. The van der Waals surface area contributed by atoms with Crippen LogP contribution in [0.15, 0.2) is 42.5 Å². The summed E-state index contributed by atoms with van der Waals surface area (Å²) in [6, 6.07) is 15.4. The number of aryl methyl sites for hydroxylation is 2. The average molecular weight is 479 g/mol. The molecule has 0 radical (unpaired) electrons. The maximum Gasteiger partial charge on any atom is 0.410 e. The van der Waals surface area contributed by atoms with Crippen LogP contribution in [-0.2, 0) is 24.2 Å². The fraction of sp³-hybridized carbons (Fsp3) is 0.567. The van der Waals surface area contributed by atoms with Crippen molar-refractivity contribution in [1.82, 2.24) is 9.80 Å². The van der Waals surface area contributed by atoms with E-state index in [-0.39, 0.29) is 6.09 Å². The van der Waals surface area contributed by atoms with Gasteiger partial charge in [-0.1, -0.05) is 30.3 Å². The number of nitrogens with zero attached hydrogens (tertiary/aromatic N) is 2. The van der Waals surface area contributed by atoms with Crippen LogP contribution >= 0.6 is 0 Å². The zero-order chi connectivity index (χ0) is 24.8. The fourth-order valence-electron chi connectivity index (χ4n) is 5.13. The molecule has 190 valence electrons. The molecule has 1 saturated heterocycles. The van der Waals surface area contributed by atoms with Gasteiger partial charge in [0.2, 0.25) is 0 Å². The first kappa shape index (κ1) is 25.6. The lowest BCUT2D eigenvalue weighted by molar-refractivity contribution is 0.0177. The molecule has 0 spiro atoms. The van der Waals surface area contributed by atoms with Gasteiger partial charge < -0.3 is 14.4 Å². The number of piperidine rings is 1. The number of hydrogen-bond acceptors (Lipinski definition) is 4. The van der Waals surface area contributed by atoms with Crippen LogP contribution in [0.25, 0.3) is 0 Å². The topological polar surface area (TPSA) is 42.0 Å². The third kappa shape index (κ3) is 7.47. The smallest absolute Gasteiger partial charge is 0.410 e. The van der Waals surface area contributed by atoms with Gasteiger partial charge in [-0.3, -0.25) is 4.90 Å². The first-order valence-corrected chi connectivity index (χ1v) is 13.3. The molecule has 2 aliphatic rings. The highest BCUT2D eigenvalue weighted by Gasteiger charge is 2.26. The number of ether oxygens (including phenoxy) is 2. The summed E-state index contributed by atoms with van der Waals surface area (Å²) in [5.41, 5.74) is 5.21. The maximum absolute atomic E-state index is 12.3. The molecule has 0 N–H and O–H groups in total. The SMILES string of the molecule is Cc1ccccc1CN1CCCc2ccc(OCCC3CCN(C(=O)OC(C)(C)C)CC3)cc2C1. The van der Waals surface area contributed by atoms with Crippen molar-refractivity contribution >= 4 is 6.09 Å². The highest BCUT2D eigenvalue weighted by Crippen LogP contribution is 2.27. The van der Waals surface area contributed by atoms with Gasteiger partial charge in [0.25, 0.3) is 0 Å². The van der Waals surface area contributed by atoms with Crippen molar-refractivity contribution in [2.45, 2.75) is 78.5 Å². The predicted octanol–water partition coefficient (Wildman–Crippen LogP) is 6.36. The van der Waals surface area contributed by atoms with Crippen molar-refractivity contribution in [3.05, 3.63) is 64.7 Å². The van der Waals surface area contributed by atoms with Crippen LogP contribution in [0.3, 0.4) is 0 Å². The summed E-state index contributed by atoms with van der Waals surface area (Å²) in [6.45, 7) is 13.3. The minimum Gasteiger partial charge on any atom is -0.494 e. The molecule has 0 bridgehead atoms. The van der Waals surface area contributed by atoms with E-state index in [4.69, 9.17) is 9.47 Å². The van der Waals surface area contributed by atoms with Gasteiger partial charge in [-0.25, -0.2) is 4.79 Å². The van der Waals surface area contributed by atoms with Crippen molar-refractivity contribution in [2.24, 2.45) is 5.92 Å². The molecule has 2 aromatic carbocycles. The Balaban J connectivity index is 1.25. The standard InChI is InChI=1S/C30H42N2O3/c1-23-8-5-6-9-26(23)21-31-16-7-10-25-11-12-28(20-27(25)22-31)34-19-15-24-13-17-32(18-14-24)29(33)35-30(2,3)4/h5-6,8-9,11-12,20,24H,7,10,13-19,21-22H2,1-4H3. The van der Waals surface area contributed by atoms with Gasteiger partial charge in [-0.15, -0.1) is 0 Å². The number of benzene rings is 2. The highest BCUT2D eigenvalue weighted by atomic mass is 16.6. The monoisotopic (exact) mass is 478 g/mol. The van der Waals surface area contributed by atoms with Gasteiger partial charge in [-0.2, -0.15) is 0 Å². The number of amides is 1. The van der Waals surface area contributed by atoms with Crippen LogP contribution in [0.5, 0.6) is 5.75 Å². The number of carbonyl (C=O) groups excluding carboxylic acids is 1. The second-order valence-electron chi connectivity index (χ2n) is 11.2. The Bertz CT molecular complexity index is 989.